The quantitative estimate of drug-likeness (QED) is 0.347. The van der Waals surface area contributed by atoms with Crippen molar-refractivity contribution in [2.75, 3.05) is 11.1 Å². The van der Waals surface area contributed by atoms with Crippen molar-refractivity contribution < 1.29 is 14.7 Å². The molecule has 4 N–H and O–H groups in total. The first-order valence-electron chi connectivity index (χ1n) is 10.1. The monoisotopic (exact) mass is 459 g/mol. The van der Waals surface area contributed by atoms with Crippen molar-refractivity contribution in [1.29, 1.82) is 0 Å². The van der Waals surface area contributed by atoms with Crippen molar-refractivity contribution in [1.82, 2.24) is 14.8 Å². The highest BCUT2D eigenvalue weighted by atomic mass is 32.2. The van der Waals surface area contributed by atoms with Crippen LogP contribution in [0.3, 0.4) is 0 Å². The van der Waals surface area contributed by atoms with Crippen molar-refractivity contribution in [3.63, 3.8) is 0 Å². The van der Waals surface area contributed by atoms with Crippen LogP contribution in [0.4, 0.5) is 5.69 Å². The Hall–Kier alpha value is -4.11. The summed E-state index contributed by atoms with van der Waals surface area (Å²) >= 11 is 1.21. The van der Waals surface area contributed by atoms with Gasteiger partial charge < -0.3 is 16.2 Å². The zero-order chi connectivity index (χ0) is 23.2. The molecular formula is C24H21N5O3S. The fourth-order valence-electron chi connectivity index (χ4n) is 3.29. The zero-order valence-corrected chi connectivity index (χ0v) is 18.3. The van der Waals surface area contributed by atoms with Crippen molar-refractivity contribution in [3.8, 4) is 17.1 Å². The number of nitrogens with two attached hydrogens (primary N) is 1. The van der Waals surface area contributed by atoms with Gasteiger partial charge in [-0.15, -0.1) is 10.2 Å². The molecular weight excluding hydrogens is 438 g/mol. The Morgan fingerprint density at radius 2 is 1.64 bits per heavy atom. The van der Waals surface area contributed by atoms with Gasteiger partial charge in [0, 0.05) is 0 Å². The first kappa shape index (κ1) is 22.1. The van der Waals surface area contributed by atoms with E-state index in [1.165, 1.54) is 11.8 Å². The van der Waals surface area contributed by atoms with E-state index >= 15 is 0 Å². The fourth-order valence-corrected chi connectivity index (χ4v) is 4.03. The van der Waals surface area contributed by atoms with Crippen molar-refractivity contribution in [2.45, 2.75) is 11.7 Å². The van der Waals surface area contributed by atoms with Gasteiger partial charge in [0.2, 0.25) is 5.91 Å². The summed E-state index contributed by atoms with van der Waals surface area (Å²) in [6.07, 6.45) is 0. The average molecular weight is 460 g/mol. The Balaban J connectivity index is 1.57. The normalized spacial score (nSPS) is 10.7. The molecule has 0 atom stereocenters. The Morgan fingerprint density at radius 3 is 2.39 bits per heavy atom. The number of hydrogen-bond acceptors (Lipinski definition) is 6. The second-order valence-corrected chi connectivity index (χ2v) is 8.08. The molecule has 9 heteroatoms. The summed E-state index contributed by atoms with van der Waals surface area (Å²) < 4.78 is 1.86. The molecule has 1 heterocycles. The van der Waals surface area contributed by atoms with Crippen LogP contribution in [0.5, 0.6) is 5.75 Å². The number of nitrogens with zero attached hydrogens (tertiary/aromatic N) is 3. The largest absolute Gasteiger partial charge is 0.507 e. The van der Waals surface area contributed by atoms with Gasteiger partial charge in [0.15, 0.2) is 11.0 Å². The van der Waals surface area contributed by atoms with E-state index in [0.29, 0.717) is 28.8 Å². The lowest BCUT2D eigenvalue weighted by Gasteiger charge is -2.12. The van der Waals surface area contributed by atoms with E-state index < -0.39 is 5.91 Å². The molecule has 0 saturated heterocycles. The molecule has 0 unspecified atom stereocenters. The molecule has 4 aromatic rings. The second kappa shape index (κ2) is 10.0. The van der Waals surface area contributed by atoms with Gasteiger partial charge in [0.25, 0.3) is 5.91 Å². The van der Waals surface area contributed by atoms with E-state index in [9.17, 15) is 14.7 Å². The van der Waals surface area contributed by atoms with Crippen molar-refractivity contribution in [3.05, 3.63) is 90.0 Å². The van der Waals surface area contributed by atoms with Crippen LogP contribution in [0.25, 0.3) is 11.4 Å². The van der Waals surface area contributed by atoms with Crippen molar-refractivity contribution >= 4 is 29.3 Å². The van der Waals surface area contributed by atoms with Crippen LogP contribution in [-0.4, -0.2) is 37.4 Å². The first-order valence-corrected chi connectivity index (χ1v) is 11.1. The van der Waals surface area contributed by atoms with Crippen LogP contribution >= 0.6 is 11.8 Å². The highest BCUT2D eigenvalue weighted by Gasteiger charge is 2.19. The Bertz CT molecular complexity index is 1290. The van der Waals surface area contributed by atoms with Crippen LogP contribution in [0.15, 0.2) is 84.0 Å². The van der Waals surface area contributed by atoms with Crippen molar-refractivity contribution in [2.24, 2.45) is 5.73 Å². The summed E-state index contributed by atoms with van der Waals surface area (Å²) in [5.74, 6) is -0.295. The predicted molar refractivity (Wildman–Crippen MR) is 127 cm³/mol. The summed E-state index contributed by atoms with van der Waals surface area (Å²) in [4.78, 5) is 24.2. The van der Waals surface area contributed by atoms with Gasteiger partial charge in [0.05, 0.1) is 29.1 Å². The maximum absolute atomic E-state index is 12.6. The highest BCUT2D eigenvalue weighted by molar-refractivity contribution is 7.99. The lowest BCUT2D eigenvalue weighted by atomic mass is 10.1. The number of phenolic OH excluding ortho intramolecular Hbond substituents is 1. The van der Waals surface area contributed by atoms with E-state index in [1.807, 2.05) is 41.0 Å². The van der Waals surface area contributed by atoms with E-state index in [0.717, 1.165) is 5.56 Å². The lowest BCUT2D eigenvalue weighted by molar-refractivity contribution is -0.113. The molecule has 0 bridgehead atoms. The smallest absolute Gasteiger partial charge is 0.250 e. The highest BCUT2D eigenvalue weighted by Crippen LogP contribution is 2.31. The van der Waals surface area contributed by atoms with Crippen LogP contribution < -0.4 is 11.1 Å². The van der Waals surface area contributed by atoms with Crippen LogP contribution in [0.1, 0.15) is 15.9 Å². The number of carbonyl (C=O) groups excluding carboxylic acids is 2. The third kappa shape index (κ3) is 5.21. The number of para-hydroxylation sites is 2. The third-order valence-corrected chi connectivity index (χ3v) is 5.81. The Kier molecular flexibility index (Phi) is 6.70. The van der Waals surface area contributed by atoms with Crippen LogP contribution in [0, 0.1) is 0 Å². The molecule has 4 rings (SSSR count). The van der Waals surface area contributed by atoms with Crippen LogP contribution in [-0.2, 0) is 11.3 Å². The third-order valence-electron chi connectivity index (χ3n) is 4.84. The molecule has 0 aliphatic heterocycles. The molecule has 0 aliphatic rings. The van der Waals surface area contributed by atoms with Gasteiger partial charge in [-0.1, -0.05) is 66.4 Å². The number of hydrogen-bond donors (Lipinski definition) is 3. The number of aromatic hydroxyl groups is 1. The fraction of sp³-hybridized carbons (Fsp3) is 0.0833. The number of anilines is 1. The second-order valence-electron chi connectivity index (χ2n) is 7.14. The van der Waals surface area contributed by atoms with Gasteiger partial charge in [0.1, 0.15) is 5.75 Å². The molecule has 0 spiro atoms. The first-order chi connectivity index (χ1) is 16.0. The minimum absolute atomic E-state index is 0.0425. The number of nitrogens with one attached hydrogen (secondary N) is 1. The van der Waals surface area contributed by atoms with E-state index in [2.05, 4.69) is 15.5 Å². The van der Waals surface area contributed by atoms with Gasteiger partial charge in [-0.25, -0.2) is 0 Å². The number of carbonyl (C=O) groups is 2. The van der Waals surface area contributed by atoms with E-state index in [4.69, 9.17) is 5.73 Å². The van der Waals surface area contributed by atoms with Gasteiger partial charge in [-0.3, -0.25) is 14.2 Å². The number of phenols is 1. The van der Waals surface area contributed by atoms with Gasteiger partial charge in [-0.05, 0) is 29.8 Å². The molecule has 166 valence electrons. The van der Waals surface area contributed by atoms with Crippen LogP contribution in [0.2, 0.25) is 0 Å². The number of rotatable bonds is 8. The maximum Gasteiger partial charge on any atom is 0.250 e. The molecule has 0 saturated carbocycles. The molecule has 33 heavy (non-hydrogen) atoms. The average Bonchev–Trinajstić information content (AvgIpc) is 3.21. The lowest BCUT2D eigenvalue weighted by Crippen LogP contribution is -2.19. The zero-order valence-electron chi connectivity index (χ0n) is 17.5. The number of primary amides is 1. The topological polar surface area (TPSA) is 123 Å². The maximum atomic E-state index is 12.6. The molecule has 2 amide bonds. The number of benzene rings is 3. The van der Waals surface area contributed by atoms with Gasteiger partial charge in [-0.2, -0.15) is 0 Å². The summed E-state index contributed by atoms with van der Waals surface area (Å²) in [5, 5.41) is 22.1. The van der Waals surface area contributed by atoms with E-state index in [-0.39, 0.29) is 23.0 Å². The summed E-state index contributed by atoms with van der Waals surface area (Å²) in [6, 6.07) is 23.3. The summed E-state index contributed by atoms with van der Waals surface area (Å²) in [7, 11) is 0. The van der Waals surface area contributed by atoms with E-state index in [1.54, 1.807) is 42.5 Å². The summed E-state index contributed by atoms with van der Waals surface area (Å²) in [5.41, 5.74) is 7.55. The molecule has 0 radical (unpaired) electrons. The standard InChI is InChI=1S/C24H21N5O3S/c25-22(32)17-10-4-6-12-19(17)26-21(31)15-33-24-28-27-23(18-11-5-7-13-20(18)30)29(24)14-16-8-2-1-3-9-16/h1-13,30H,14-15H2,(H2,25,32)(H,26,31). The molecule has 8 nitrogen and oxygen atoms in total. The number of thioether (sulfide) groups is 1. The minimum Gasteiger partial charge on any atom is -0.507 e. The SMILES string of the molecule is NC(=O)c1ccccc1NC(=O)CSc1nnc(-c2ccccc2O)n1Cc1ccccc1. The Labute approximate surface area is 194 Å². The molecule has 1 aromatic heterocycles. The Morgan fingerprint density at radius 1 is 0.939 bits per heavy atom. The van der Waals surface area contributed by atoms with Gasteiger partial charge >= 0.3 is 0 Å². The minimum atomic E-state index is -0.617. The molecule has 3 aromatic carbocycles. The number of aromatic nitrogens is 3. The molecule has 0 aliphatic carbocycles. The molecule has 0 fully saturated rings. The summed E-state index contributed by atoms with van der Waals surface area (Å²) in [6.45, 7) is 0.464. The predicted octanol–water partition coefficient (Wildman–Crippen LogP) is 3.53. The number of amides is 2.